The first-order valence-electron chi connectivity index (χ1n) is 14.0. The molecule has 0 unspecified atom stereocenters. The Balaban J connectivity index is 2.38. The third kappa shape index (κ3) is 10.3. The number of carbonyl (C=O) groups excluding carboxylic acids is 1. The van der Waals surface area contributed by atoms with Gasteiger partial charge in [0.1, 0.15) is 5.78 Å². The highest BCUT2D eigenvalue weighted by atomic mass is 32.2. The van der Waals surface area contributed by atoms with Crippen molar-refractivity contribution in [2.45, 2.75) is 139 Å². The Morgan fingerprint density at radius 1 is 0.692 bits per heavy atom. The second-order valence-corrected chi connectivity index (χ2v) is 18.0. The van der Waals surface area contributed by atoms with E-state index in [1.54, 1.807) is 0 Å². The van der Waals surface area contributed by atoms with Crippen LogP contribution in [0.25, 0.3) is 0 Å². The minimum Gasteiger partial charge on any atom is -0.481 e. The Labute approximate surface area is 246 Å². The molecule has 0 fully saturated rings. The van der Waals surface area contributed by atoms with E-state index in [1.165, 1.54) is 26.5 Å². The average molecular weight is 571 g/mol. The van der Waals surface area contributed by atoms with Gasteiger partial charge in [0.05, 0.1) is 4.08 Å². The van der Waals surface area contributed by atoms with E-state index >= 15 is 0 Å². The van der Waals surface area contributed by atoms with E-state index in [2.05, 4.69) is 113 Å². The van der Waals surface area contributed by atoms with Crippen LogP contribution in [0.3, 0.4) is 0 Å². The van der Waals surface area contributed by atoms with E-state index in [0.717, 1.165) is 11.1 Å². The highest BCUT2D eigenvalue weighted by molar-refractivity contribution is 8.18. The quantitative estimate of drug-likeness (QED) is 0.227. The Hall–Kier alpha value is -1.72. The summed E-state index contributed by atoms with van der Waals surface area (Å²) in [6, 6.07) is 11.6. The van der Waals surface area contributed by atoms with Crippen LogP contribution in [0.5, 0.6) is 0 Å². The zero-order valence-corrected chi connectivity index (χ0v) is 27.9. The summed E-state index contributed by atoms with van der Waals surface area (Å²) in [7, 11) is 0. The number of carbonyl (C=O) groups is 2. The van der Waals surface area contributed by atoms with Crippen LogP contribution >= 0.6 is 23.5 Å². The molecule has 2 aromatic rings. The Morgan fingerprint density at radius 3 is 1.62 bits per heavy atom. The number of Topliss-reactive ketones (excluding diaryl/α,β-unsaturated/α-hetero) is 1. The van der Waals surface area contributed by atoms with Gasteiger partial charge >= 0.3 is 5.97 Å². The average Bonchev–Trinajstić information content (AvgIpc) is 2.72. The van der Waals surface area contributed by atoms with E-state index < -0.39 is 5.97 Å². The minimum absolute atomic E-state index is 0.0368. The lowest BCUT2D eigenvalue weighted by molar-refractivity contribution is -0.137. The second kappa shape index (κ2) is 12.4. The van der Waals surface area contributed by atoms with Crippen LogP contribution < -0.4 is 0 Å². The van der Waals surface area contributed by atoms with Crippen LogP contribution in [0, 0.1) is 6.92 Å². The summed E-state index contributed by atoms with van der Waals surface area (Å²) in [6.07, 6.45) is 1.09. The van der Waals surface area contributed by atoms with Crippen molar-refractivity contribution in [1.82, 2.24) is 0 Å². The van der Waals surface area contributed by atoms with Crippen LogP contribution in [0.1, 0.15) is 123 Å². The number of carboxylic acids is 1. The summed E-state index contributed by atoms with van der Waals surface area (Å²) in [5, 5.41) is 8.91. The monoisotopic (exact) mass is 570 g/mol. The van der Waals surface area contributed by atoms with Crippen molar-refractivity contribution < 1.29 is 14.7 Å². The standard InChI is InChI=1S/C34H50O3S2/c1-22-16-26(21-29(33(8,9)10)28(22)20-25(35)14-13-15-30(36)37)38-34(11,12)39-27-18-23(31(2,3)4)17-24(19-27)32(5,6)7/h16-19,21H,13-15,20H2,1-12H3,(H,36,37). The Kier molecular flexibility index (Phi) is 10.7. The second-order valence-electron chi connectivity index (χ2n) is 14.3. The molecule has 0 aliphatic rings. The topological polar surface area (TPSA) is 54.4 Å². The third-order valence-corrected chi connectivity index (χ3v) is 9.27. The molecule has 0 saturated carbocycles. The molecule has 39 heavy (non-hydrogen) atoms. The van der Waals surface area contributed by atoms with Gasteiger partial charge in [-0.25, -0.2) is 0 Å². The Bertz CT molecular complexity index is 1160. The van der Waals surface area contributed by atoms with Crippen LogP contribution in [0.15, 0.2) is 40.1 Å². The lowest BCUT2D eigenvalue weighted by Crippen LogP contribution is -2.19. The van der Waals surface area contributed by atoms with E-state index in [-0.39, 0.29) is 32.5 Å². The van der Waals surface area contributed by atoms with Gasteiger partial charge in [0, 0.05) is 29.1 Å². The van der Waals surface area contributed by atoms with E-state index in [1.807, 2.05) is 23.5 Å². The van der Waals surface area contributed by atoms with Gasteiger partial charge in [-0.05, 0) is 95.5 Å². The molecular weight excluding hydrogens is 521 g/mol. The smallest absolute Gasteiger partial charge is 0.303 e. The zero-order valence-electron chi connectivity index (χ0n) is 26.3. The number of aryl methyl sites for hydroxylation is 1. The van der Waals surface area contributed by atoms with E-state index in [9.17, 15) is 9.59 Å². The molecule has 0 radical (unpaired) electrons. The third-order valence-electron chi connectivity index (χ3n) is 6.84. The number of benzene rings is 2. The molecule has 0 aliphatic heterocycles. The predicted octanol–water partition coefficient (Wildman–Crippen LogP) is 9.87. The van der Waals surface area contributed by atoms with Crippen LogP contribution in [-0.2, 0) is 32.3 Å². The zero-order chi connectivity index (χ0) is 30.0. The van der Waals surface area contributed by atoms with Gasteiger partial charge in [-0.3, -0.25) is 9.59 Å². The van der Waals surface area contributed by atoms with Gasteiger partial charge in [-0.2, -0.15) is 0 Å². The maximum Gasteiger partial charge on any atom is 0.303 e. The molecule has 0 atom stereocenters. The summed E-state index contributed by atoms with van der Waals surface area (Å²) in [4.78, 5) is 26.1. The normalized spacial score (nSPS) is 13.0. The maximum atomic E-state index is 12.7. The molecular formula is C34H50O3S2. The van der Waals surface area contributed by atoms with Crippen molar-refractivity contribution in [3.05, 3.63) is 58.1 Å². The number of carboxylic acid groups (broad SMARTS) is 1. The fraction of sp³-hybridized carbons (Fsp3) is 0.588. The van der Waals surface area contributed by atoms with Crippen molar-refractivity contribution >= 4 is 35.3 Å². The van der Waals surface area contributed by atoms with Crippen LogP contribution in [0.2, 0.25) is 0 Å². The van der Waals surface area contributed by atoms with Crippen molar-refractivity contribution in [2.24, 2.45) is 0 Å². The van der Waals surface area contributed by atoms with Gasteiger partial charge in [-0.1, -0.05) is 68.4 Å². The molecule has 0 aliphatic carbocycles. The molecule has 1 N–H and O–H groups in total. The molecule has 0 aromatic heterocycles. The SMILES string of the molecule is Cc1cc(SC(C)(C)Sc2cc(C(C)(C)C)cc(C(C)(C)C)c2)cc(C(C)(C)C)c1CC(=O)CCCC(=O)O. The molecule has 0 heterocycles. The number of ketones is 1. The molecule has 216 valence electrons. The first kappa shape index (κ1) is 33.5. The van der Waals surface area contributed by atoms with Gasteiger partial charge in [0.25, 0.3) is 0 Å². The minimum atomic E-state index is -0.851. The van der Waals surface area contributed by atoms with Gasteiger partial charge in [-0.15, -0.1) is 23.5 Å². The largest absolute Gasteiger partial charge is 0.481 e. The number of rotatable bonds is 10. The lowest BCUT2D eigenvalue weighted by atomic mass is 9.80. The highest BCUT2D eigenvalue weighted by Crippen LogP contribution is 2.47. The first-order valence-corrected chi connectivity index (χ1v) is 15.6. The first-order chi connectivity index (χ1) is 17.6. The molecule has 5 heteroatoms. The van der Waals surface area contributed by atoms with Gasteiger partial charge in [0.2, 0.25) is 0 Å². The Morgan fingerprint density at radius 2 is 1.18 bits per heavy atom. The molecule has 3 nitrogen and oxygen atoms in total. The number of thioether (sulfide) groups is 2. The fourth-order valence-corrected chi connectivity index (χ4v) is 7.25. The summed E-state index contributed by atoms with van der Waals surface area (Å²) in [6.45, 7) is 26.9. The predicted molar refractivity (Wildman–Crippen MR) is 170 cm³/mol. The highest BCUT2D eigenvalue weighted by Gasteiger charge is 2.28. The molecule has 2 aromatic carbocycles. The number of aliphatic carboxylic acids is 1. The van der Waals surface area contributed by atoms with E-state index in [0.29, 0.717) is 19.3 Å². The van der Waals surface area contributed by atoms with Gasteiger partial charge < -0.3 is 5.11 Å². The molecule has 0 spiro atoms. The molecule has 0 amide bonds. The molecule has 0 bridgehead atoms. The van der Waals surface area contributed by atoms with Crippen LogP contribution in [-0.4, -0.2) is 20.9 Å². The van der Waals surface area contributed by atoms with Gasteiger partial charge in [0.15, 0.2) is 0 Å². The number of hydrogen-bond acceptors (Lipinski definition) is 4. The van der Waals surface area contributed by atoms with Crippen molar-refractivity contribution in [3.8, 4) is 0 Å². The summed E-state index contributed by atoms with van der Waals surface area (Å²) in [5.41, 5.74) is 6.18. The van der Waals surface area contributed by atoms with Crippen molar-refractivity contribution in [2.75, 3.05) is 0 Å². The van der Waals surface area contributed by atoms with Crippen molar-refractivity contribution in [3.63, 3.8) is 0 Å². The number of hydrogen-bond donors (Lipinski definition) is 1. The summed E-state index contributed by atoms with van der Waals surface area (Å²) >= 11 is 3.78. The lowest BCUT2D eigenvalue weighted by Gasteiger charge is -2.30. The summed E-state index contributed by atoms with van der Waals surface area (Å²) in [5.74, 6) is -0.745. The maximum absolute atomic E-state index is 12.7. The molecule has 0 saturated heterocycles. The fourth-order valence-electron chi connectivity index (χ4n) is 4.58. The van der Waals surface area contributed by atoms with Crippen molar-refractivity contribution in [1.29, 1.82) is 0 Å². The molecule has 2 rings (SSSR count). The van der Waals surface area contributed by atoms with Crippen LogP contribution in [0.4, 0.5) is 0 Å². The summed E-state index contributed by atoms with van der Waals surface area (Å²) < 4.78 is -0.110. The van der Waals surface area contributed by atoms with E-state index in [4.69, 9.17) is 5.11 Å².